The Morgan fingerprint density at radius 1 is 0.415 bits per heavy atom. The van der Waals surface area contributed by atoms with Crippen LogP contribution in [0.15, 0.2) is 42.9 Å². The molecule has 1 aliphatic rings. The third-order valence-corrected chi connectivity index (χ3v) is 22.4. The van der Waals surface area contributed by atoms with Crippen LogP contribution in [-0.4, -0.2) is 264 Å². The molecule has 1 fully saturated rings. The van der Waals surface area contributed by atoms with Gasteiger partial charge in [-0.1, -0.05) is 161 Å². The summed E-state index contributed by atoms with van der Waals surface area (Å²) in [5, 5.41) is 72.9. The van der Waals surface area contributed by atoms with E-state index in [1.54, 1.807) is 127 Å². The van der Waals surface area contributed by atoms with Gasteiger partial charge in [-0.2, -0.15) is 0 Å². The number of hydrogen-bond donors (Lipinski definition) is 21. The maximum absolute atomic E-state index is 14.8. The number of carboxylic acids is 2. The van der Waals surface area contributed by atoms with Gasteiger partial charge in [-0.15, -0.1) is 0 Å². The third kappa shape index (κ3) is 42.0. The third-order valence-electron chi connectivity index (χ3n) is 22.4. The second-order valence-corrected chi connectivity index (χ2v) is 38.8. The summed E-state index contributed by atoms with van der Waals surface area (Å²) in [5.74, 6) is -19.6. The van der Waals surface area contributed by atoms with Crippen molar-refractivity contribution in [2.75, 3.05) is 13.1 Å². The monoisotopic (exact) mass is 1900 g/mol. The van der Waals surface area contributed by atoms with Crippen LogP contribution in [-0.2, 0) is 104 Å². The van der Waals surface area contributed by atoms with Crippen molar-refractivity contribution in [3.05, 3.63) is 54.1 Å². The highest BCUT2D eigenvalue weighted by molar-refractivity contribution is 6.02. The molecule has 0 unspecified atom stereocenters. The molecule has 1 aliphatic heterocycles. The number of aromatic amines is 1. The first kappa shape index (κ1) is 117. The van der Waals surface area contributed by atoms with E-state index in [2.05, 4.69) is 95.0 Å². The average Bonchev–Trinajstić information content (AvgIpc) is 1.76. The van der Waals surface area contributed by atoms with Crippen LogP contribution in [0.3, 0.4) is 0 Å². The van der Waals surface area contributed by atoms with Gasteiger partial charge in [-0.3, -0.25) is 86.3 Å². The fraction of sp³-hybridized carbons (Fsp3) is 0.699. The molecule has 758 valence electrons. The van der Waals surface area contributed by atoms with Crippen LogP contribution in [0.5, 0.6) is 0 Å². The van der Waals surface area contributed by atoms with Crippen LogP contribution < -0.4 is 90.8 Å². The normalized spacial score (nSPS) is 16.7. The van der Waals surface area contributed by atoms with Crippen LogP contribution in [0.1, 0.15) is 241 Å². The van der Waals surface area contributed by atoms with Gasteiger partial charge >= 0.3 is 11.9 Å². The number of imidazole rings is 1. The van der Waals surface area contributed by atoms with Gasteiger partial charge in [0.2, 0.25) is 100 Å². The van der Waals surface area contributed by atoms with Gasteiger partial charge in [-0.05, 0) is 151 Å². The number of benzene rings is 1. The number of nitrogens with two attached hydrogens (primary N) is 1. The summed E-state index contributed by atoms with van der Waals surface area (Å²) in [4.78, 5) is 273. The number of carbonyl (C=O) groups excluding carboxylic acids is 17. The van der Waals surface area contributed by atoms with Gasteiger partial charge in [-0.25, -0.2) is 9.78 Å². The molecule has 1 saturated heterocycles. The largest absolute Gasteiger partial charge is 0.481 e. The van der Waals surface area contributed by atoms with E-state index in [4.69, 9.17) is 5.73 Å². The van der Waals surface area contributed by atoms with E-state index in [-0.39, 0.29) is 119 Å². The highest BCUT2D eigenvalue weighted by Gasteiger charge is 2.43. The SMILES string of the molecule is CC[C@H](C)[C@H](NC(=O)[C@H](CC(C)C)NC(=O)[C@H](Cc1cnc[nH]1)NC(=O)[C@@H]1CCCN1C(=O)[C@H](C)NC(=O)[C@H](CC(C)C)NC(=O)[C@H](CC(C)C)NC(=O)[C@H](C)NC(=O)[C@H](C)N)C(=O)NCC(=O)N[C@@H](CCC(=O)O)C(=O)N[C@@H](Cc1ccccc1)C(=O)N[C@@H](CC(C)C)C(=O)N[C@H](C(=O)N[C@@H](CC(C)C)C(=O)N[C@H](C(=O)N[C@@H](CC(C)C)C(=O)N[C@@H](CC(C)C)C(=O)O)C(C)C)[C@@H](C)O. The van der Waals surface area contributed by atoms with Crippen LogP contribution in [0.25, 0.3) is 0 Å². The molecule has 1 aromatic heterocycles. The van der Waals surface area contributed by atoms with Gasteiger partial charge in [0, 0.05) is 37.7 Å². The minimum Gasteiger partial charge on any atom is -0.481 e. The van der Waals surface area contributed by atoms with E-state index in [1.807, 2.05) is 27.7 Å². The number of carboxylic acid groups (broad SMARTS) is 2. The van der Waals surface area contributed by atoms with E-state index in [0.29, 0.717) is 17.7 Å². The Kier molecular flexibility index (Phi) is 50.4. The predicted molar refractivity (Wildman–Crippen MR) is 501 cm³/mol. The van der Waals surface area contributed by atoms with Crippen molar-refractivity contribution in [3.63, 3.8) is 0 Å². The molecule has 19 atom stereocenters. The number of carbonyl (C=O) groups is 19. The molecule has 0 spiro atoms. The zero-order chi connectivity index (χ0) is 102. The fourth-order valence-corrected chi connectivity index (χ4v) is 15.0. The standard InChI is InChI=1S/C93H154N20O22/c1-23-54(18)75(111-86(127)65(37-49(8)9)104-84(125)69(42-60-43-95-45-97-60)106-88(129)71-30-27-33-113(71)92(133)57(21)99-80(121)62(34-46(2)3)102-81(122)63(35-47(4)5)101-78(119)56(20)98-77(118)55(19)94)89(130)96-44-72(115)100-61(31-32-73(116)117)79(120)105-68(41-59-28-25-24-26-29-59)83(124)103-66(38-50(10)11)87(128)112-76(58(22)114)91(132)108-67(39-51(12)13)85(126)110-74(53(16)17)90(131)107-64(36-48(6)7)82(123)109-70(93(134)135)40-52(14)15/h24-26,28-29,43,45-58,61-71,74-76,114H,23,27,30-42,44,94H2,1-22H3,(H,95,97)(H,96,130)(H,98,118)(H,99,121)(H,100,115)(H,101,119)(H,102,122)(H,103,124)(H,104,125)(H,105,120)(H,106,129)(H,107,131)(H,108,132)(H,109,123)(H,110,126)(H,111,127)(H,112,128)(H,116,117)(H,134,135)/t54-,55-,56-,57-,58+,61-,62-,63-,64-,65-,66-,67-,68-,69-,70-,71-,74-,75-,76-/m0/s1. The van der Waals surface area contributed by atoms with Gasteiger partial charge in [0.05, 0.1) is 25.0 Å². The molecule has 17 amide bonds. The lowest BCUT2D eigenvalue weighted by Crippen LogP contribution is -2.62. The number of nitrogens with one attached hydrogen (secondary N) is 17. The highest BCUT2D eigenvalue weighted by atomic mass is 16.4. The molecule has 2 heterocycles. The Bertz CT molecular complexity index is 4280. The van der Waals surface area contributed by atoms with Gasteiger partial charge in [0.15, 0.2) is 0 Å². The Morgan fingerprint density at radius 3 is 1.21 bits per heavy atom. The maximum Gasteiger partial charge on any atom is 0.326 e. The Labute approximate surface area is 792 Å². The first-order valence-electron chi connectivity index (χ1n) is 47.1. The number of aliphatic hydroxyl groups is 1. The number of aliphatic hydroxyl groups excluding tert-OH is 1. The number of aromatic nitrogens is 2. The number of H-pyrrole nitrogens is 1. The number of likely N-dealkylation sites (tertiary alicyclic amines) is 1. The quantitative estimate of drug-likeness (QED) is 0.0424. The molecular weight excluding hydrogens is 1750 g/mol. The molecule has 0 radical (unpaired) electrons. The Hall–Kier alpha value is -11.7. The Balaban J connectivity index is 1.88. The summed E-state index contributed by atoms with van der Waals surface area (Å²) >= 11 is 0. The first-order valence-corrected chi connectivity index (χ1v) is 47.1. The molecule has 42 nitrogen and oxygen atoms in total. The highest BCUT2D eigenvalue weighted by Crippen LogP contribution is 2.23. The zero-order valence-electron chi connectivity index (χ0n) is 82.5. The molecule has 135 heavy (non-hydrogen) atoms. The summed E-state index contributed by atoms with van der Waals surface area (Å²) in [6.07, 6.45) is 0.440. The molecule has 1 aromatic carbocycles. The van der Waals surface area contributed by atoms with Gasteiger partial charge in [0.25, 0.3) is 0 Å². The van der Waals surface area contributed by atoms with Crippen LogP contribution in [0.4, 0.5) is 0 Å². The summed E-state index contributed by atoms with van der Waals surface area (Å²) in [7, 11) is 0. The van der Waals surface area contributed by atoms with Crippen molar-refractivity contribution < 1.29 is 106 Å². The van der Waals surface area contributed by atoms with Crippen molar-refractivity contribution in [1.29, 1.82) is 0 Å². The minimum absolute atomic E-state index is 0.0179. The van der Waals surface area contributed by atoms with E-state index >= 15 is 0 Å². The number of nitrogens with zero attached hydrogens (tertiary/aromatic N) is 2. The van der Waals surface area contributed by atoms with Crippen LogP contribution in [0, 0.1) is 53.3 Å². The Morgan fingerprint density at radius 2 is 0.793 bits per heavy atom. The molecule has 3 rings (SSSR count). The fourth-order valence-electron chi connectivity index (χ4n) is 15.0. The number of hydrogen-bond acceptors (Lipinski definition) is 22. The van der Waals surface area contributed by atoms with Crippen molar-refractivity contribution in [2.45, 2.75) is 351 Å². The van der Waals surface area contributed by atoms with Gasteiger partial charge in [0.1, 0.15) is 96.7 Å². The lowest BCUT2D eigenvalue weighted by molar-refractivity contribution is -0.143. The number of amides is 17. The summed E-state index contributed by atoms with van der Waals surface area (Å²) in [6.45, 7) is 36.3. The first-order chi connectivity index (χ1) is 63.0. The van der Waals surface area contributed by atoms with E-state index < -0.39 is 252 Å². The van der Waals surface area contributed by atoms with Crippen molar-refractivity contribution in [2.24, 2.45) is 59.0 Å². The van der Waals surface area contributed by atoms with Crippen LogP contribution >= 0.6 is 0 Å². The maximum atomic E-state index is 14.8. The van der Waals surface area contributed by atoms with Gasteiger partial charge < -0.3 is 116 Å². The number of rotatable bonds is 59. The number of aliphatic carboxylic acids is 2. The topological polar surface area (TPSA) is 635 Å². The molecule has 2 aromatic rings. The molecule has 0 saturated carbocycles. The van der Waals surface area contributed by atoms with E-state index in [1.165, 1.54) is 45.1 Å². The minimum atomic E-state index is -1.80. The predicted octanol–water partition coefficient (Wildman–Crippen LogP) is 0.316. The zero-order valence-corrected chi connectivity index (χ0v) is 82.5. The molecule has 0 aliphatic carbocycles. The second kappa shape index (κ2) is 57.9. The molecule has 22 N–H and O–H groups in total. The van der Waals surface area contributed by atoms with E-state index in [9.17, 15) is 106 Å². The lowest BCUT2D eigenvalue weighted by Gasteiger charge is -2.30. The smallest absolute Gasteiger partial charge is 0.326 e. The molecule has 42 heteroatoms. The van der Waals surface area contributed by atoms with Crippen LogP contribution in [0.2, 0.25) is 0 Å². The van der Waals surface area contributed by atoms with Crippen molar-refractivity contribution in [3.8, 4) is 0 Å². The summed E-state index contributed by atoms with van der Waals surface area (Å²) < 4.78 is 0. The molecular formula is C93H154N20O22. The van der Waals surface area contributed by atoms with Crippen molar-refractivity contribution >= 4 is 112 Å². The lowest BCUT2D eigenvalue weighted by atomic mass is 9.96. The average molecular weight is 1900 g/mol. The molecule has 0 bridgehead atoms. The summed E-state index contributed by atoms with van der Waals surface area (Å²) in [6, 6.07) is -14.5. The summed E-state index contributed by atoms with van der Waals surface area (Å²) in [5.41, 5.74) is 6.53. The second-order valence-electron chi connectivity index (χ2n) is 38.8. The van der Waals surface area contributed by atoms with Crippen molar-refractivity contribution in [1.82, 2.24) is 99.9 Å². The van der Waals surface area contributed by atoms with E-state index in [0.717, 1.165) is 0 Å².